The van der Waals surface area contributed by atoms with Crippen LogP contribution in [0.15, 0.2) is 95.2 Å². The van der Waals surface area contributed by atoms with Crippen molar-refractivity contribution in [3.05, 3.63) is 101 Å². The Morgan fingerprint density at radius 2 is 1.46 bits per heavy atom. The van der Waals surface area contributed by atoms with E-state index in [0.29, 0.717) is 85.0 Å². The fraction of sp³-hybridized carbons (Fsp3) is 0.525. The second-order valence-corrected chi connectivity index (χ2v) is 29.2. The first-order valence-electron chi connectivity index (χ1n) is 28.4. The quantitative estimate of drug-likeness (QED) is 0.0519. The van der Waals surface area contributed by atoms with Crippen molar-refractivity contribution in [1.29, 1.82) is 0 Å². The molecule has 2 amide bonds. The molecule has 2 atom stereocenters. The smallest absolute Gasteiger partial charge is 0.281 e. The number of carbonyl (C=O) groups is 2. The van der Waals surface area contributed by atoms with Crippen molar-refractivity contribution in [2.45, 2.75) is 149 Å². The van der Waals surface area contributed by atoms with E-state index in [4.69, 9.17) is 26.1 Å². The summed E-state index contributed by atoms with van der Waals surface area (Å²) in [5, 5.41) is 14.6. The minimum atomic E-state index is -4.25. The highest BCUT2D eigenvalue weighted by Gasteiger charge is 2.41. The lowest BCUT2D eigenvalue weighted by molar-refractivity contribution is 0.0972. The Balaban J connectivity index is 0.000000217. The molecule has 1 saturated heterocycles. The monoisotopic (exact) mass is 1200 g/mol. The molecule has 83 heavy (non-hydrogen) atoms. The number of hydrogen-bond acceptors (Lipinski definition) is 17. The number of carbonyl (C=O) groups excluding carboxylic acids is 2. The minimum Gasteiger partial charge on any atom is -0.477 e. The summed E-state index contributed by atoms with van der Waals surface area (Å²) in [6, 6.07) is 19.0. The van der Waals surface area contributed by atoms with Gasteiger partial charge < -0.3 is 25.0 Å². The number of ether oxygens (including phenoxy) is 2. The van der Waals surface area contributed by atoms with Gasteiger partial charge in [0.05, 0.1) is 24.3 Å². The van der Waals surface area contributed by atoms with E-state index in [1.807, 2.05) is 4.72 Å². The first-order chi connectivity index (χ1) is 39.0. The van der Waals surface area contributed by atoms with E-state index >= 15 is 0 Å². The van der Waals surface area contributed by atoms with Gasteiger partial charge in [-0.1, -0.05) is 79.1 Å². The molecule has 24 heteroatoms. The Bertz CT molecular complexity index is 3480. The number of pyridine rings is 4. The van der Waals surface area contributed by atoms with Gasteiger partial charge in [0.1, 0.15) is 22.6 Å². The molecule has 6 aromatic heterocycles. The second kappa shape index (κ2) is 25.6. The molecule has 2 fully saturated rings. The van der Waals surface area contributed by atoms with Crippen molar-refractivity contribution >= 4 is 60.9 Å². The van der Waals surface area contributed by atoms with E-state index in [1.165, 1.54) is 48.2 Å². The van der Waals surface area contributed by atoms with Crippen LogP contribution in [0, 0.1) is 28.1 Å². The Morgan fingerprint density at radius 3 is 2.10 bits per heavy atom. The molecular formula is C59H80ClN13O8S2. The van der Waals surface area contributed by atoms with Crippen LogP contribution >= 0.6 is 11.6 Å². The van der Waals surface area contributed by atoms with Gasteiger partial charge in [0, 0.05) is 49.7 Å². The molecule has 448 valence electrons. The zero-order valence-electron chi connectivity index (χ0n) is 49.3. The van der Waals surface area contributed by atoms with Crippen LogP contribution in [-0.4, -0.2) is 107 Å². The average molecular weight is 1200 g/mol. The van der Waals surface area contributed by atoms with Gasteiger partial charge in [0.2, 0.25) is 11.8 Å². The maximum absolute atomic E-state index is 13.5. The largest absolute Gasteiger partial charge is 0.477 e. The Kier molecular flexibility index (Phi) is 19.2. The first kappa shape index (κ1) is 62.2. The van der Waals surface area contributed by atoms with E-state index in [-0.39, 0.29) is 42.7 Å². The van der Waals surface area contributed by atoms with Crippen molar-refractivity contribution < 1.29 is 35.9 Å². The minimum absolute atomic E-state index is 0.0952. The van der Waals surface area contributed by atoms with Gasteiger partial charge in [-0.2, -0.15) is 16.8 Å². The molecule has 2 aliphatic heterocycles. The van der Waals surface area contributed by atoms with E-state index in [2.05, 4.69) is 115 Å². The predicted octanol–water partition coefficient (Wildman–Crippen LogP) is 10.7. The summed E-state index contributed by atoms with van der Waals surface area (Å²) in [7, 11) is -8.48. The summed E-state index contributed by atoms with van der Waals surface area (Å²) in [6.07, 6.45) is 13.8. The molecule has 4 N–H and O–H groups in total. The normalized spacial score (nSPS) is 18.5. The van der Waals surface area contributed by atoms with Crippen LogP contribution in [0.4, 0.5) is 17.5 Å². The Hall–Kier alpha value is -6.85. The van der Waals surface area contributed by atoms with E-state index < -0.39 is 31.9 Å². The molecule has 0 spiro atoms. The van der Waals surface area contributed by atoms with Gasteiger partial charge in [0.25, 0.3) is 31.9 Å². The van der Waals surface area contributed by atoms with Crippen LogP contribution in [0.1, 0.15) is 154 Å². The van der Waals surface area contributed by atoms with Crippen LogP contribution in [0.3, 0.4) is 0 Å². The number of nitrogens with one attached hydrogen (secondary N) is 4. The highest BCUT2D eigenvalue weighted by Crippen LogP contribution is 2.43. The molecule has 1 saturated carbocycles. The van der Waals surface area contributed by atoms with Crippen LogP contribution in [0.5, 0.6) is 11.8 Å². The van der Waals surface area contributed by atoms with Gasteiger partial charge in [-0.15, -0.1) is 10.2 Å². The van der Waals surface area contributed by atoms with Crippen molar-refractivity contribution in [1.82, 2.24) is 48.9 Å². The third-order valence-electron chi connectivity index (χ3n) is 14.9. The maximum atomic E-state index is 13.5. The first-order valence-corrected chi connectivity index (χ1v) is 31.8. The van der Waals surface area contributed by atoms with Crippen molar-refractivity contribution in [2.24, 2.45) is 28.1 Å². The van der Waals surface area contributed by atoms with Crippen molar-refractivity contribution in [3.8, 4) is 23.4 Å². The van der Waals surface area contributed by atoms with E-state index in [1.54, 1.807) is 65.6 Å². The average Bonchev–Trinajstić information content (AvgIpc) is 3.94. The SMILES string of the molecule is CC(C)(C)CCOc1ccn(-c2ccc(C(=O)NS(=O)(=O)c3cccc(NCCC[C@@H]4CCC(C)(C)C4)n3)c(Cl)n2)n1.CC(C)(C)CCOc1ccn(-c2ccc3c(n2)N2C[C@@H](CCCNc4cccc(n4)S(=O)(=O)NC3=O)CC2(C)C)n1. The molecular weight excluding hydrogens is 1120 g/mol. The summed E-state index contributed by atoms with van der Waals surface area (Å²) in [6.45, 7) is 24.9. The lowest BCUT2D eigenvalue weighted by atomic mass is 9.89. The molecule has 9 rings (SSSR count). The maximum Gasteiger partial charge on any atom is 0.281 e. The van der Waals surface area contributed by atoms with E-state index in [0.717, 1.165) is 50.9 Å². The number of aromatic nitrogens is 8. The number of amides is 2. The molecule has 0 aromatic carbocycles. The molecule has 0 radical (unpaired) electrons. The third kappa shape index (κ3) is 17.1. The highest BCUT2D eigenvalue weighted by molar-refractivity contribution is 7.90. The number of rotatable bonds is 16. The number of anilines is 3. The summed E-state index contributed by atoms with van der Waals surface area (Å²) in [4.78, 5) is 46.1. The van der Waals surface area contributed by atoms with Gasteiger partial charge >= 0.3 is 0 Å². The fourth-order valence-corrected chi connectivity index (χ4v) is 12.5. The van der Waals surface area contributed by atoms with Crippen LogP contribution < -0.4 is 34.5 Å². The summed E-state index contributed by atoms with van der Waals surface area (Å²) in [5.74, 6) is 2.53. The molecule has 21 nitrogen and oxygen atoms in total. The van der Waals surface area contributed by atoms with Crippen molar-refractivity contribution in [3.63, 3.8) is 0 Å². The van der Waals surface area contributed by atoms with Crippen LogP contribution in [0.25, 0.3) is 11.6 Å². The highest BCUT2D eigenvalue weighted by atomic mass is 35.5. The number of hydrogen-bond donors (Lipinski definition) is 4. The molecule has 3 aliphatic rings. The topological polar surface area (TPSA) is 259 Å². The zero-order valence-corrected chi connectivity index (χ0v) is 51.7. The Labute approximate surface area is 493 Å². The Morgan fingerprint density at radius 1 is 0.807 bits per heavy atom. The standard InChI is InChI=1S/C30H41ClN6O4S.C29H39N7O4S/c1-29(2,3)16-19-41-25-14-18-37(35-25)24-12-11-22(27(31)34-24)28(38)36-42(39,40)26-10-6-9-23(33-26)32-17-7-8-21-13-15-30(4,5)20-21;1-28(2,3)14-17-40-24-13-16-36(33-24)23-12-11-21-26(32-23)35-19-20(18-29(35,4)5)8-7-15-30-22-9-6-10-25(31-22)41(38,39)34-27(21)37/h6,9-12,14,18,21H,7-8,13,15-17,19-20H2,1-5H3,(H,32,33)(H,36,38);6,9-13,16,20H,7-8,14-15,17-19H2,1-5H3,(H,30,31)(H,34,37)/t21-;20-/m10/s1. The molecule has 1 aliphatic carbocycles. The zero-order chi connectivity index (χ0) is 60.0. The lowest BCUT2D eigenvalue weighted by Crippen LogP contribution is -2.41. The predicted molar refractivity (Wildman–Crippen MR) is 321 cm³/mol. The van der Waals surface area contributed by atoms with Gasteiger partial charge in [-0.3, -0.25) is 9.59 Å². The van der Waals surface area contributed by atoms with Gasteiger partial charge in [-0.25, -0.2) is 38.7 Å². The van der Waals surface area contributed by atoms with Gasteiger partial charge in [0.15, 0.2) is 21.7 Å². The number of nitrogens with zero attached hydrogens (tertiary/aromatic N) is 9. The molecule has 8 heterocycles. The summed E-state index contributed by atoms with van der Waals surface area (Å²) >= 11 is 6.28. The second-order valence-electron chi connectivity index (χ2n) is 25.6. The van der Waals surface area contributed by atoms with E-state index in [9.17, 15) is 26.4 Å². The molecule has 6 aromatic rings. The lowest BCUT2D eigenvalue weighted by Gasteiger charge is -2.34. The number of fused-ring (bicyclic) bond motifs is 6. The number of halogens is 1. The van der Waals surface area contributed by atoms with Crippen LogP contribution in [0.2, 0.25) is 5.15 Å². The summed E-state index contributed by atoms with van der Waals surface area (Å²) < 4.78 is 71.2. The van der Waals surface area contributed by atoms with Crippen LogP contribution in [-0.2, 0) is 20.0 Å². The fourth-order valence-electron chi connectivity index (χ4n) is 10.4. The molecule has 0 unspecified atom stereocenters. The number of sulfonamides is 2. The summed E-state index contributed by atoms with van der Waals surface area (Å²) in [5.41, 5.74) is 0.498. The third-order valence-corrected chi connectivity index (χ3v) is 17.7. The van der Waals surface area contributed by atoms with Gasteiger partial charge in [-0.05, 0) is 155 Å². The molecule has 4 bridgehead atoms. The van der Waals surface area contributed by atoms with Crippen molar-refractivity contribution in [2.75, 3.05) is 48.4 Å².